The van der Waals surface area contributed by atoms with Crippen LogP contribution in [0.1, 0.15) is 39.0 Å². The molecule has 0 radical (unpaired) electrons. The summed E-state index contributed by atoms with van der Waals surface area (Å²) in [5.41, 5.74) is -1.33. The molecule has 1 fully saturated rings. The first-order chi connectivity index (χ1) is 7.36. The van der Waals surface area contributed by atoms with Gasteiger partial charge in [-0.3, -0.25) is 0 Å². The lowest BCUT2D eigenvalue weighted by atomic mass is 9.83. The second-order valence-corrected chi connectivity index (χ2v) is 6.90. The molecule has 0 aromatic rings. The van der Waals surface area contributed by atoms with Gasteiger partial charge < -0.3 is 5.11 Å². The van der Waals surface area contributed by atoms with Crippen LogP contribution in [0.5, 0.6) is 0 Å². The average Bonchev–Trinajstić information content (AvgIpc) is 2.57. The zero-order valence-electron chi connectivity index (χ0n) is 9.81. The molecule has 1 aliphatic carbocycles. The topological polar surface area (TPSA) is 78.2 Å². The Balaban J connectivity index is 3.03. The third-order valence-corrected chi connectivity index (χ3v) is 5.13. The van der Waals surface area contributed by atoms with Crippen LogP contribution in [0.15, 0.2) is 0 Å². The highest BCUT2D eigenvalue weighted by molar-refractivity contribution is 7.91. The first kappa shape index (κ1) is 13.5. The van der Waals surface area contributed by atoms with E-state index < -0.39 is 26.6 Å². The third kappa shape index (κ3) is 2.38. The highest BCUT2D eigenvalue weighted by atomic mass is 32.2. The Morgan fingerprint density at radius 2 is 2.25 bits per heavy atom. The molecule has 0 aliphatic heterocycles. The molecule has 1 saturated carbocycles. The predicted octanol–water partition coefficient (Wildman–Crippen LogP) is 1.25. The minimum Gasteiger partial charge on any atom is -0.387 e. The van der Waals surface area contributed by atoms with Crippen LogP contribution in [0.3, 0.4) is 0 Å². The number of hydrogen-bond acceptors (Lipinski definition) is 4. The number of aliphatic hydroxyl groups is 1. The first-order valence-corrected chi connectivity index (χ1v) is 7.62. The van der Waals surface area contributed by atoms with Crippen molar-refractivity contribution in [3.63, 3.8) is 0 Å². The monoisotopic (exact) mass is 245 g/mol. The van der Waals surface area contributed by atoms with Crippen LogP contribution < -0.4 is 0 Å². The molecule has 0 saturated heterocycles. The van der Waals surface area contributed by atoms with Crippen LogP contribution in [-0.4, -0.2) is 30.6 Å². The third-order valence-electron chi connectivity index (χ3n) is 3.45. The number of hydrogen-bond donors (Lipinski definition) is 1. The molecular formula is C11H19NO3S. The number of sulfone groups is 1. The fraction of sp³-hybridized carbons (Fsp3) is 0.909. The maximum atomic E-state index is 11.6. The van der Waals surface area contributed by atoms with E-state index in [-0.39, 0.29) is 0 Å². The van der Waals surface area contributed by atoms with Crippen molar-refractivity contribution in [2.75, 3.05) is 6.26 Å². The summed E-state index contributed by atoms with van der Waals surface area (Å²) < 4.78 is 23.2. The highest BCUT2D eigenvalue weighted by Crippen LogP contribution is 2.41. The lowest BCUT2D eigenvalue weighted by Gasteiger charge is -2.33. The Morgan fingerprint density at radius 3 is 2.69 bits per heavy atom. The largest absolute Gasteiger partial charge is 0.387 e. The van der Waals surface area contributed by atoms with Crippen LogP contribution in [0.2, 0.25) is 0 Å². The van der Waals surface area contributed by atoms with Gasteiger partial charge >= 0.3 is 0 Å². The van der Waals surface area contributed by atoms with Crippen LogP contribution in [-0.2, 0) is 9.84 Å². The molecule has 0 aromatic carbocycles. The van der Waals surface area contributed by atoms with Gasteiger partial charge in [0.15, 0.2) is 9.84 Å². The number of nitrogens with zero attached hydrogens (tertiary/aromatic N) is 1. The van der Waals surface area contributed by atoms with Crippen LogP contribution in [0.4, 0.5) is 0 Å². The standard InChI is InChI=1S/C11H19NO3S/c1-3-5-9(8-12)11(13)7-4-6-10(11)16(2,14)15/h9-10,13H,3-7H2,1-2H3. The summed E-state index contributed by atoms with van der Waals surface area (Å²) in [6.45, 7) is 1.93. The van der Waals surface area contributed by atoms with E-state index in [9.17, 15) is 13.5 Å². The van der Waals surface area contributed by atoms with Crippen molar-refractivity contribution in [1.29, 1.82) is 5.26 Å². The lowest BCUT2D eigenvalue weighted by Crippen LogP contribution is -2.47. The predicted molar refractivity (Wildman–Crippen MR) is 61.4 cm³/mol. The van der Waals surface area contributed by atoms with Gasteiger partial charge in [-0.05, 0) is 25.7 Å². The van der Waals surface area contributed by atoms with Crippen molar-refractivity contribution in [2.45, 2.75) is 49.9 Å². The summed E-state index contributed by atoms with van der Waals surface area (Å²) in [6, 6.07) is 2.07. The summed E-state index contributed by atoms with van der Waals surface area (Å²) in [5.74, 6) is -0.570. The fourth-order valence-corrected chi connectivity index (χ4v) is 4.30. The van der Waals surface area contributed by atoms with E-state index in [4.69, 9.17) is 5.26 Å². The van der Waals surface area contributed by atoms with Crippen LogP contribution in [0, 0.1) is 17.2 Å². The van der Waals surface area contributed by atoms with Crippen molar-refractivity contribution in [3.8, 4) is 6.07 Å². The zero-order valence-corrected chi connectivity index (χ0v) is 10.6. The normalized spacial score (nSPS) is 32.2. The van der Waals surface area contributed by atoms with E-state index >= 15 is 0 Å². The highest BCUT2D eigenvalue weighted by Gasteiger charge is 2.51. The Morgan fingerprint density at radius 1 is 1.62 bits per heavy atom. The van der Waals surface area contributed by atoms with E-state index in [0.29, 0.717) is 25.7 Å². The fourth-order valence-electron chi connectivity index (χ4n) is 2.68. The van der Waals surface area contributed by atoms with Gasteiger partial charge in [0.2, 0.25) is 0 Å². The van der Waals surface area contributed by atoms with Gasteiger partial charge in [0.1, 0.15) is 0 Å². The van der Waals surface area contributed by atoms with Crippen molar-refractivity contribution in [1.82, 2.24) is 0 Å². The van der Waals surface area contributed by atoms with Crippen molar-refractivity contribution in [3.05, 3.63) is 0 Å². The molecule has 3 unspecified atom stereocenters. The molecule has 5 heteroatoms. The van der Waals surface area contributed by atoms with E-state index in [1.54, 1.807) is 0 Å². The summed E-state index contributed by atoms with van der Waals surface area (Å²) in [7, 11) is -3.28. The average molecular weight is 245 g/mol. The van der Waals surface area contributed by atoms with Crippen molar-refractivity contribution >= 4 is 9.84 Å². The van der Waals surface area contributed by atoms with Gasteiger partial charge in [-0.15, -0.1) is 0 Å². The molecule has 0 spiro atoms. The molecule has 1 N–H and O–H groups in total. The number of rotatable bonds is 4. The Kier molecular flexibility index (Phi) is 3.97. The molecule has 4 nitrogen and oxygen atoms in total. The molecule has 0 amide bonds. The molecule has 1 rings (SSSR count). The van der Waals surface area contributed by atoms with Gasteiger partial charge in [0, 0.05) is 6.26 Å². The van der Waals surface area contributed by atoms with Crippen molar-refractivity contribution < 1.29 is 13.5 Å². The van der Waals surface area contributed by atoms with Gasteiger partial charge in [0.05, 0.1) is 22.8 Å². The van der Waals surface area contributed by atoms with Gasteiger partial charge in [0.25, 0.3) is 0 Å². The molecule has 1 aliphatic rings. The Labute approximate surface area is 97.2 Å². The molecule has 3 atom stereocenters. The Bertz CT molecular complexity index is 385. The molecule has 92 valence electrons. The number of nitriles is 1. The molecule has 0 heterocycles. The minimum absolute atomic E-state index is 0.420. The lowest BCUT2D eigenvalue weighted by molar-refractivity contribution is 0.00904. The van der Waals surface area contributed by atoms with Crippen LogP contribution in [0.25, 0.3) is 0 Å². The van der Waals surface area contributed by atoms with Gasteiger partial charge in [-0.2, -0.15) is 5.26 Å². The minimum atomic E-state index is -3.28. The van der Waals surface area contributed by atoms with Gasteiger partial charge in [-0.25, -0.2) is 8.42 Å². The second kappa shape index (κ2) is 4.72. The smallest absolute Gasteiger partial charge is 0.153 e. The Hall–Kier alpha value is -0.600. The molecule has 0 bridgehead atoms. The summed E-state index contributed by atoms with van der Waals surface area (Å²) in [5, 5.41) is 18.8. The first-order valence-electron chi connectivity index (χ1n) is 5.67. The molecular weight excluding hydrogens is 226 g/mol. The van der Waals surface area contributed by atoms with E-state index in [2.05, 4.69) is 6.07 Å². The maximum absolute atomic E-state index is 11.6. The quantitative estimate of drug-likeness (QED) is 0.808. The van der Waals surface area contributed by atoms with E-state index in [0.717, 1.165) is 12.7 Å². The van der Waals surface area contributed by atoms with Crippen LogP contribution >= 0.6 is 0 Å². The zero-order chi connectivity index (χ0) is 12.4. The van der Waals surface area contributed by atoms with Crippen molar-refractivity contribution in [2.24, 2.45) is 5.92 Å². The van der Waals surface area contributed by atoms with Gasteiger partial charge in [-0.1, -0.05) is 13.3 Å². The van der Waals surface area contributed by atoms with E-state index in [1.807, 2.05) is 6.92 Å². The second-order valence-electron chi connectivity index (χ2n) is 4.67. The molecule has 0 aromatic heterocycles. The maximum Gasteiger partial charge on any atom is 0.153 e. The summed E-state index contributed by atoms with van der Waals surface area (Å²) in [4.78, 5) is 0. The van der Waals surface area contributed by atoms with E-state index in [1.165, 1.54) is 0 Å². The SMILES string of the molecule is CCCC(C#N)C1(O)CCCC1S(C)(=O)=O. The molecule has 16 heavy (non-hydrogen) atoms. The summed E-state index contributed by atoms with van der Waals surface area (Å²) >= 11 is 0. The summed E-state index contributed by atoms with van der Waals surface area (Å²) in [6.07, 6.45) is 4.04.